The Morgan fingerprint density at radius 1 is 1.11 bits per heavy atom. The maximum absolute atomic E-state index is 8.90. The topological polar surface area (TPSA) is 26.7 Å². The summed E-state index contributed by atoms with van der Waals surface area (Å²) in [6, 6.07) is 0.802. The highest BCUT2D eigenvalue weighted by Gasteiger charge is 2.19. The van der Waals surface area contributed by atoms with Crippen LogP contribution in [0.4, 0.5) is 0 Å². The van der Waals surface area contributed by atoms with E-state index in [-0.39, 0.29) is 0 Å². The van der Waals surface area contributed by atoms with E-state index in [9.17, 15) is 0 Å². The van der Waals surface area contributed by atoms with Crippen molar-refractivity contribution in [2.75, 3.05) is 39.8 Å². The lowest BCUT2D eigenvalue weighted by Crippen LogP contribution is -2.39. The van der Waals surface area contributed by atoms with Gasteiger partial charge in [-0.05, 0) is 71.8 Å². The van der Waals surface area contributed by atoms with Crippen molar-refractivity contribution in [2.24, 2.45) is 0 Å². The first-order chi connectivity index (χ1) is 9.27. The average molecular weight is 270 g/mol. The Morgan fingerprint density at radius 3 is 2.58 bits per heavy atom. The highest BCUT2D eigenvalue weighted by Crippen LogP contribution is 2.18. The maximum Gasteiger partial charge on any atom is 0.0431 e. The molecule has 114 valence electrons. The van der Waals surface area contributed by atoms with Crippen LogP contribution in [-0.4, -0.2) is 60.8 Å². The van der Waals surface area contributed by atoms with Crippen LogP contribution in [0.3, 0.4) is 0 Å². The molecule has 0 aromatic heterocycles. The molecule has 3 nitrogen and oxygen atoms in total. The second-order valence-electron chi connectivity index (χ2n) is 6.04. The monoisotopic (exact) mass is 270 g/mol. The van der Waals surface area contributed by atoms with Crippen molar-refractivity contribution in [1.29, 1.82) is 0 Å². The number of aliphatic hydroxyl groups excluding tert-OH is 1. The molecule has 0 aliphatic carbocycles. The van der Waals surface area contributed by atoms with Gasteiger partial charge in [-0.2, -0.15) is 0 Å². The van der Waals surface area contributed by atoms with Gasteiger partial charge in [0.25, 0.3) is 0 Å². The van der Waals surface area contributed by atoms with Gasteiger partial charge in [0.15, 0.2) is 0 Å². The van der Waals surface area contributed by atoms with Gasteiger partial charge in [-0.15, -0.1) is 0 Å². The van der Waals surface area contributed by atoms with Crippen molar-refractivity contribution in [3.8, 4) is 0 Å². The van der Waals surface area contributed by atoms with Crippen molar-refractivity contribution in [2.45, 2.75) is 64.3 Å². The summed E-state index contributed by atoms with van der Waals surface area (Å²) in [4.78, 5) is 5.16. The molecular formula is C16H34N2O. The molecule has 3 heteroatoms. The molecule has 0 spiro atoms. The van der Waals surface area contributed by atoms with Gasteiger partial charge in [0.2, 0.25) is 0 Å². The van der Waals surface area contributed by atoms with Crippen LogP contribution < -0.4 is 0 Å². The van der Waals surface area contributed by atoms with Crippen LogP contribution >= 0.6 is 0 Å². The fourth-order valence-electron chi connectivity index (χ4n) is 3.00. The molecule has 0 bridgehead atoms. The number of nitrogens with zero attached hydrogens (tertiary/aromatic N) is 2. The molecule has 1 rings (SSSR count). The number of unbranched alkanes of at least 4 members (excludes halogenated alkanes) is 2. The van der Waals surface area contributed by atoms with Crippen LogP contribution in [0, 0.1) is 0 Å². The second kappa shape index (κ2) is 10.6. The molecule has 1 saturated heterocycles. The predicted octanol–water partition coefficient (Wildman–Crippen LogP) is 2.74. The van der Waals surface area contributed by atoms with E-state index in [0.29, 0.717) is 6.61 Å². The number of likely N-dealkylation sites (tertiary alicyclic amines) is 1. The molecule has 0 amide bonds. The van der Waals surface area contributed by atoms with Crippen LogP contribution in [0.5, 0.6) is 0 Å². The highest BCUT2D eigenvalue weighted by molar-refractivity contribution is 4.75. The van der Waals surface area contributed by atoms with Crippen LogP contribution in [0.2, 0.25) is 0 Å². The molecule has 1 fully saturated rings. The number of aliphatic hydroxyl groups is 1. The summed E-state index contributed by atoms with van der Waals surface area (Å²) >= 11 is 0. The molecule has 0 aromatic rings. The van der Waals surface area contributed by atoms with Crippen molar-refractivity contribution in [1.82, 2.24) is 9.80 Å². The van der Waals surface area contributed by atoms with Gasteiger partial charge in [0.05, 0.1) is 0 Å². The summed E-state index contributed by atoms with van der Waals surface area (Å²) in [5, 5.41) is 8.90. The zero-order valence-corrected chi connectivity index (χ0v) is 13.1. The lowest BCUT2D eigenvalue weighted by atomic mass is 10.00. The van der Waals surface area contributed by atoms with Crippen LogP contribution in [0.15, 0.2) is 0 Å². The van der Waals surface area contributed by atoms with Gasteiger partial charge in [-0.25, -0.2) is 0 Å². The third kappa shape index (κ3) is 7.28. The van der Waals surface area contributed by atoms with Crippen molar-refractivity contribution >= 4 is 0 Å². The minimum atomic E-state index is 0.340. The average Bonchev–Trinajstić information content (AvgIpc) is 2.43. The Labute approximate surface area is 120 Å². The normalized spacial score (nSPS) is 21.2. The summed E-state index contributed by atoms with van der Waals surface area (Å²) in [6.45, 7) is 7.52. The molecule has 1 atom stereocenters. The first-order valence-electron chi connectivity index (χ1n) is 8.31. The van der Waals surface area contributed by atoms with E-state index in [2.05, 4.69) is 23.8 Å². The Bertz CT molecular complexity index is 211. The van der Waals surface area contributed by atoms with Gasteiger partial charge >= 0.3 is 0 Å². The highest BCUT2D eigenvalue weighted by atomic mass is 16.2. The Kier molecular flexibility index (Phi) is 9.48. The van der Waals surface area contributed by atoms with Crippen molar-refractivity contribution in [3.63, 3.8) is 0 Å². The molecule has 19 heavy (non-hydrogen) atoms. The zero-order chi connectivity index (χ0) is 13.9. The lowest BCUT2D eigenvalue weighted by Gasteiger charge is -2.34. The van der Waals surface area contributed by atoms with E-state index in [4.69, 9.17) is 5.11 Å². The van der Waals surface area contributed by atoms with E-state index in [1.54, 1.807) is 0 Å². The standard InChI is InChI=1S/C16H34N2O/c1-3-4-12-18(13-7-8-15-19)14-10-16-9-5-6-11-17(16)2/h16,19H,3-15H2,1-2H3. The molecule has 0 saturated carbocycles. The number of piperidine rings is 1. The lowest BCUT2D eigenvalue weighted by molar-refractivity contribution is 0.151. The Balaban J connectivity index is 2.25. The molecule has 1 aliphatic heterocycles. The molecule has 1 heterocycles. The fourth-order valence-corrected chi connectivity index (χ4v) is 3.00. The van der Waals surface area contributed by atoms with Gasteiger partial charge in [-0.1, -0.05) is 19.8 Å². The molecule has 0 aromatic carbocycles. The molecule has 0 radical (unpaired) electrons. The summed E-state index contributed by atoms with van der Waals surface area (Å²) < 4.78 is 0. The number of hydrogen-bond donors (Lipinski definition) is 1. The largest absolute Gasteiger partial charge is 0.396 e. The van der Waals surface area contributed by atoms with E-state index in [0.717, 1.165) is 25.4 Å². The summed E-state index contributed by atoms with van der Waals surface area (Å²) in [5.41, 5.74) is 0. The summed E-state index contributed by atoms with van der Waals surface area (Å²) in [6.07, 6.45) is 10.2. The molecule has 1 aliphatic rings. The second-order valence-corrected chi connectivity index (χ2v) is 6.04. The van der Waals surface area contributed by atoms with E-state index in [1.807, 2.05) is 0 Å². The summed E-state index contributed by atoms with van der Waals surface area (Å²) in [7, 11) is 2.28. The van der Waals surface area contributed by atoms with Crippen LogP contribution in [0.1, 0.15) is 58.3 Å². The van der Waals surface area contributed by atoms with Crippen molar-refractivity contribution < 1.29 is 5.11 Å². The fraction of sp³-hybridized carbons (Fsp3) is 1.00. The minimum absolute atomic E-state index is 0.340. The maximum atomic E-state index is 8.90. The van der Waals surface area contributed by atoms with E-state index < -0.39 is 0 Å². The van der Waals surface area contributed by atoms with Gasteiger partial charge in [0.1, 0.15) is 0 Å². The number of hydrogen-bond acceptors (Lipinski definition) is 3. The van der Waals surface area contributed by atoms with Gasteiger partial charge in [-0.3, -0.25) is 0 Å². The van der Waals surface area contributed by atoms with Gasteiger partial charge in [0, 0.05) is 12.6 Å². The molecule has 1 unspecified atom stereocenters. The minimum Gasteiger partial charge on any atom is -0.396 e. The third-order valence-electron chi connectivity index (χ3n) is 4.41. The first kappa shape index (κ1) is 16.9. The SMILES string of the molecule is CCCCN(CCCCO)CCC1CCCCN1C. The Morgan fingerprint density at radius 2 is 1.89 bits per heavy atom. The van der Waals surface area contributed by atoms with Crippen molar-refractivity contribution in [3.05, 3.63) is 0 Å². The van der Waals surface area contributed by atoms with Crippen LogP contribution in [0.25, 0.3) is 0 Å². The third-order valence-corrected chi connectivity index (χ3v) is 4.41. The van der Waals surface area contributed by atoms with Crippen LogP contribution in [-0.2, 0) is 0 Å². The smallest absolute Gasteiger partial charge is 0.0431 e. The quantitative estimate of drug-likeness (QED) is 0.618. The Hall–Kier alpha value is -0.120. The van der Waals surface area contributed by atoms with Gasteiger partial charge < -0.3 is 14.9 Å². The predicted molar refractivity (Wildman–Crippen MR) is 82.6 cm³/mol. The zero-order valence-electron chi connectivity index (χ0n) is 13.1. The van der Waals surface area contributed by atoms with E-state index in [1.165, 1.54) is 58.2 Å². The molecular weight excluding hydrogens is 236 g/mol. The van der Waals surface area contributed by atoms with E-state index >= 15 is 0 Å². The first-order valence-corrected chi connectivity index (χ1v) is 8.31. The summed E-state index contributed by atoms with van der Waals surface area (Å²) in [5.74, 6) is 0. The molecule has 1 N–H and O–H groups in total. The number of rotatable bonds is 10.